The standard InChI is InChI=1S/C13H22N2O2/c1-5-15(2)7-6-10-8-12(16-3)13(17-4)9-11(10)14/h8-9H,5-7,14H2,1-4H3. The van der Waals surface area contributed by atoms with E-state index < -0.39 is 0 Å². The number of methoxy groups -OCH3 is 2. The van der Waals surface area contributed by atoms with Gasteiger partial charge in [0.05, 0.1) is 14.2 Å². The molecule has 0 amide bonds. The molecule has 0 aliphatic carbocycles. The van der Waals surface area contributed by atoms with Gasteiger partial charge in [-0.2, -0.15) is 0 Å². The van der Waals surface area contributed by atoms with E-state index in [4.69, 9.17) is 15.2 Å². The van der Waals surface area contributed by atoms with E-state index >= 15 is 0 Å². The second-order valence-electron chi connectivity index (χ2n) is 4.05. The first-order valence-electron chi connectivity index (χ1n) is 5.81. The first kappa shape index (κ1) is 13.6. The van der Waals surface area contributed by atoms with E-state index in [-0.39, 0.29) is 0 Å². The fourth-order valence-electron chi connectivity index (χ4n) is 1.62. The molecule has 0 aromatic heterocycles. The SMILES string of the molecule is CCN(C)CCc1cc(OC)c(OC)cc1N. The lowest BCUT2D eigenvalue weighted by molar-refractivity contribution is 0.350. The molecule has 2 N–H and O–H groups in total. The molecule has 0 aliphatic rings. The number of nitrogens with two attached hydrogens (primary N) is 1. The van der Waals surface area contributed by atoms with E-state index in [1.165, 1.54) is 0 Å². The molecule has 4 heteroatoms. The molecule has 17 heavy (non-hydrogen) atoms. The predicted molar refractivity (Wildman–Crippen MR) is 70.8 cm³/mol. The molecule has 1 rings (SSSR count). The number of hydrogen-bond donors (Lipinski definition) is 1. The van der Waals surface area contributed by atoms with Gasteiger partial charge in [-0.05, 0) is 31.6 Å². The highest BCUT2D eigenvalue weighted by Crippen LogP contribution is 2.32. The zero-order valence-electron chi connectivity index (χ0n) is 11.1. The fraction of sp³-hybridized carbons (Fsp3) is 0.538. The second kappa shape index (κ2) is 6.35. The molecule has 0 atom stereocenters. The monoisotopic (exact) mass is 238 g/mol. The van der Waals surface area contributed by atoms with Crippen molar-refractivity contribution in [2.75, 3.05) is 40.1 Å². The molecule has 96 valence electrons. The van der Waals surface area contributed by atoms with Gasteiger partial charge in [0.2, 0.25) is 0 Å². The van der Waals surface area contributed by atoms with Crippen molar-refractivity contribution in [1.29, 1.82) is 0 Å². The number of rotatable bonds is 6. The van der Waals surface area contributed by atoms with Gasteiger partial charge in [0, 0.05) is 18.3 Å². The quantitative estimate of drug-likeness (QED) is 0.767. The number of likely N-dealkylation sites (N-methyl/N-ethyl adjacent to an activating group) is 1. The molecule has 1 aromatic carbocycles. The minimum Gasteiger partial charge on any atom is -0.493 e. The maximum atomic E-state index is 5.99. The van der Waals surface area contributed by atoms with Crippen LogP contribution in [0.1, 0.15) is 12.5 Å². The number of ether oxygens (including phenoxy) is 2. The van der Waals surface area contributed by atoms with Crippen LogP contribution in [0.15, 0.2) is 12.1 Å². The Morgan fingerprint density at radius 1 is 1.18 bits per heavy atom. The third-order valence-corrected chi connectivity index (χ3v) is 2.95. The Balaban J connectivity index is 2.85. The summed E-state index contributed by atoms with van der Waals surface area (Å²) in [6, 6.07) is 3.78. The van der Waals surface area contributed by atoms with Gasteiger partial charge in [0.1, 0.15) is 0 Å². The molecule has 1 aromatic rings. The zero-order valence-corrected chi connectivity index (χ0v) is 11.1. The van der Waals surface area contributed by atoms with Crippen molar-refractivity contribution in [3.8, 4) is 11.5 Å². The maximum absolute atomic E-state index is 5.99. The van der Waals surface area contributed by atoms with E-state index in [2.05, 4.69) is 18.9 Å². The lowest BCUT2D eigenvalue weighted by atomic mass is 10.1. The summed E-state index contributed by atoms with van der Waals surface area (Å²) in [7, 11) is 5.34. The summed E-state index contributed by atoms with van der Waals surface area (Å²) in [5.74, 6) is 1.41. The molecule has 0 saturated heterocycles. The number of benzene rings is 1. The Hall–Kier alpha value is -1.42. The average molecular weight is 238 g/mol. The lowest BCUT2D eigenvalue weighted by Crippen LogP contribution is -2.20. The van der Waals surface area contributed by atoms with Gasteiger partial charge >= 0.3 is 0 Å². The molecule has 0 heterocycles. The van der Waals surface area contributed by atoms with Crippen molar-refractivity contribution in [3.05, 3.63) is 17.7 Å². The summed E-state index contributed by atoms with van der Waals surface area (Å²) >= 11 is 0. The van der Waals surface area contributed by atoms with Gasteiger partial charge in [-0.15, -0.1) is 0 Å². The molecule has 0 bridgehead atoms. The van der Waals surface area contributed by atoms with Crippen LogP contribution >= 0.6 is 0 Å². The summed E-state index contributed by atoms with van der Waals surface area (Å²) in [6.45, 7) is 4.15. The summed E-state index contributed by atoms with van der Waals surface area (Å²) in [6.07, 6.45) is 0.913. The minimum atomic E-state index is 0.678. The summed E-state index contributed by atoms with van der Waals surface area (Å²) in [5.41, 5.74) is 7.85. The van der Waals surface area contributed by atoms with Gasteiger partial charge in [-0.3, -0.25) is 0 Å². The number of hydrogen-bond acceptors (Lipinski definition) is 4. The Kier molecular flexibility index (Phi) is 5.10. The maximum Gasteiger partial charge on any atom is 0.162 e. The molecule has 0 aliphatic heterocycles. The van der Waals surface area contributed by atoms with Crippen molar-refractivity contribution in [2.45, 2.75) is 13.3 Å². The van der Waals surface area contributed by atoms with Gasteiger partial charge in [-0.25, -0.2) is 0 Å². The Bertz CT molecular complexity index is 367. The Morgan fingerprint density at radius 2 is 1.76 bits per heavy atom. The highest BCUT2D eigenvalue weighted by Gasteiger charge is 2.09. The first-order chi connectivity index (χ1) is 8.12. The highest BCUT2D eigenvalue weighted by molar-refractivity contribution is 5.58. The molecule has 0 saturated carbocycles. The van der Waals surface area contributed by atoms with Gasteiger partial charge in [0.25, 0.3) is 0 Å². The van der Waals surface area contributed by atoms with Crippen molar-refractivity contribution < 1.29 is 9.47 Å². The predicted octanol–water partition coefficient (Wildman–Crippen LogP) is 1.78. The Morgan fingerprint density at radius 3 is 2.29 bits per heavy atom. The average Bonchev–Trinajstić information content (AvgIpc) is 2.36. The fourth-order valence-corrected chi connectivity index (χ4v) is 1.62. The molecular weight excluding hydrogens is 216 g/mol. The highest BCUT2D eigenvalue weighted by atomic mass is 16.5. The van der Waals surface area contributed by atoms with Crippen molar-refractivity contribution >= 4 is 5.69 Å². The minimum absolute atomic E-state index is 0.678. The lowest BCUT2D eigenvalue weighted by Gasteiger charge is -2.16. The van der Waals surface area contributed by atoms with Crippen LogP contribution in [0.2, 0.25) is 0 Å². The van der Waals surface area contributed by atoms with E-state index in [0.29, 0.717) is 5.75 Å². The molecule has 0 fully saturated rings. The molecular formula is C13H22N2O2. The molecule has 0 spiro atoms. The van der Waals surface area contributed by atoms with Gasteiger partial charge < -0.3 is 20.1 Å². The second-order valence-corrected chi connectivity index (χ2v) is 4.05. The number of nitrogen functional groups attached to an aromatic ring is 1. The number of nitrogens with zero attached hydrogens (tertiary/aromatic N) is 1. The normalized spacial score (nSPS) is 10.6. The van der Waals surface area contributed by atoms with Gasteiger partial charge in [0.15, 0.2) is 11.5 Å². The van der Waals surface area contributed by atoms with Crippen molar-refractivity contribution in [3.63, 3.8) is 0 Å². The zero-order chi connectivity index (χ0) is 12.8. The van der Waals surface area contributed by atoms with Crippen molar-refractivity contribution in [1.82, 2.24) is 4.90 Å². The van der Waals surface area contributed by atoms with E-state index in [9.17, 15) is 0 Å². The van der Waals surface area contributed by atoms with E-state index in [1.807, 2.05) is 12.1 Å². The molecule has 4 nitrogen and oxygen atoms in total. The van der Waals surface area contributed by atoms with Crippen LogP contribution in [-0.2, 0) is 6.42 Å². The topological polar surface area (TPSA) is 47.7 Å². The third kappa shape index (κ3) is 3.53. The van der Waals surface area contributed by atoms with Gasteiger partial charge in [-0.1, -0.05) is 6.92 Å². The molecule has 0 radical (unpaired) electrons. The van der Waals surface area contributed by atoms with Crippen LogP contribution in [0.4, 0.5) is 5.69 Å². The summed E-state index contributed by atoms with van der Waals surface area (Å²) in [4.78, 5) is 2.25. The number of anilines is 1. The summed E-state index contributed by atoms with van der Waals surface area (Å²) < 4.78 is 10.5. The van der Waals surface area contributed by atoms with Crippen LogP contribution in [0.25, 0.3) is 0 Å². The van der Waals surface area contributed by atoms with E-state index in [1.54, 1.807) is 14.2 Å². The molecule has 0 unspecified atom stereocenters. The van der Waals surface area contributed by atoms with Crippen LogP contribution in [-0.4, -0.2) is 39.3 Å². The smallest absolute Gasteiger partial charge is 0.162 e. The first-order valence-corrected chi connectivity index (χ1v) is 5.81. The summed E-state index contributed by atoms with van der Waals surface area (Å²) in [5, 5.41) is 0. The van der Waals surface area contributed by atoms with Crippen LogP contribution in [0.5, 0.6) is 11.5 Å². The van der Waals surface area contributed by atoms with Crippen LogP contribution < -0.4 is 15.2 Å². The van der Waals surface area contributed by atoms with E-state index in [0.717, 1.165) is 36.5 Å². The van der Waals surface area contributed by atoms with Crippen molar-refractivity contribution in [2.24, 2.45) is 0 Å². The van der Waals surface area contributed by atoms with Crippen LogP contribution in [0.3, 0.4) is 0 Å². The largest absolute Gasteiger partial charge is 0.493 e. The third-order valence-electron chi connectivity index (χ3n) is 2.95. The van der Waals surface area contributed by atoms with Crippen LogP contribution in [0, 0.1) is 0 Å². The Labute approximate surface area is 103 Å².